The SMILES string of the molecule is CC(=O)c1cccc(NC(=O)Cn2c(C)nc3scc(C(=O)O)c3c2=O)c1. The second kappa shape index (κ2) is 7.12. The fraction of sp³-hybridized carbons (Fsp3) is 0.167. The van der Waals surface area contributed by atoms with Crippen molar-refractivity contribution in [3.8, 4) is 0 Å². The van der Waals surface area contributed by atoms with Crippen molar-refractivity contribution in [1.29, 1.82) is 0 Å². The summed E-state index contributed by atoms with van der Waals surface area (Å²) in [4.78, 5) is 52.4. The van der Waals surface area contributed by atoms with Gasteiger partial charge in [0.1, 0.15) is 17.2 Å². The first-order valence-corrected chi connectivity index (χ1v) is 8.78. The average molecular weight is 385 g/mol. The number of thiophene rings is 1. The first kappa shape index (κ1) is 18.5. The van der Waals surface area contributed by atoms with Crippen molar-refractivity contribution in [2.45, 2.75) is 20.4 Å². The van der Waals surface area contributed by atoms with Crippen LogP contribution in [0.3, 0.4) is 0 Å². The molecule has 0 saturated carbocycles. The summed E-state index contributed by atoms with van der Waals surface area (Å²) >= 11 is 1.07. The third-order valence-electron chi connectivity index (χ3n) is 3.97. The van der Waals surface area contributed by atoms with Gasteiger partial charge in [-0.3, -0.25) is 19.0 Å². The second-order valence-corrected chi connectivity index (χ2v) is 6.73. The van der Waals surface area contributed by atoms with E-state index in [1.807, 2.05) is 0 Å². The Morgan fingerprint density at radius 1 is 1.30 bits per heavy atom. The summed E-state index contributed by atoms with van der Waals surface area (Å²) in [5.41, 5.74) is 0.169. The molecule has 2 N–H and O–H groups in total. The van der Waals surface area contributed by atoms with E-state index in [4.69, 9.17) is 0 Å². The van der Waals surface area contributed by atoms with Crippen LogP contribution in [0, 0.1) is 6.92 Å². The van der Waals surface area contributed by atoms with E-state index in [-0.39, 0.29) is 23.3 Å². The van der Waals surface area contributed by atoms with Crippen molar-refractivity contribution < 1.29 is 19.5 Å². The van der Waals surface area contributed by atoms with Crippen LogP contribution in [0.1, 0.15) is 33.5 Å². The van der Waals surface area contributed by atoms with Gasteiger partial charge in [-0.15, -0.1) is 11.3 Å². The van der Waals surface area contributed by atoms with Crippen molar-refractivity contribution in [2.75, 3.05) is 5.32 Å². The molecular weight excluding hydrogens is 370 g/mol. The number of rotatable bonds is 5. The van der Waals surface area contributed by atoms with E-state index < -0.39 is 17.4 Å². The summed E-state index contributed by atoms with van der Waals surface area (Å²) in [6.45, 7) is 2.67. The second-order valence-electron chi connectivity index (χ2n) is 5.87. The number of aryl methyl sites for hydroxylation is 1. The van der Waals surface area contributed by atoms with Crippen LogP contribution < -0.4 is 10.9 Å². The number of Topliss-reactive ketones (excluding diaryl/α,β-unsaturated/α-hetero) is 1. The molecular formula is C18H15N3O5S. The van der Waals surface area contributed by atoms with Gasteiger partial charge in [-0.1, -0.05) is 12.1 Å². The van der Waals surface area contributed by atoms with E-state index in [9.17, 15) is 24.3 Å². The summed E-state index contributed by atoms with van der Waals surface area (Å²) in [6, 6.07) is 6.44. The van der Waals surface area contributed by atoms with Gasteiger partial charge in [-0.05, 0) is 26.0 Å². The molecule has 138 valence electrons. The van der Waals surface area contributed by atoms with E-state index in [0.29, 0.717) is 21.9 Å². The predicted octanol–water partition coefficient (Wildman–Crippen LogP) is 2.31. The molecule has 2 aromatic heterocycles. The van der Waals surface area contributed by atoms with Crippen LogP contribution in [0.5, 0.6) is 0 Å². The minimum absolute atomic E-state index is 0.00974. The van der Waals surface area contributed by atoms with Crippen LogP contribution in [0.2, 0.25) is 0 Å². The van der Waals surface area contributed by atoms with Crippen LogP contribution in [0.15, 0.2) is 34.4 Å². The predicted molar refractivity (Wildman–Crippen MR) is 101 cm³/mol. The van der Waals surface area contributed by atoms with Crippen LogP contribution >= 0.6 is 11.3 Å². The van der Waals surface area contributed by atoms with Gasteiger partial charge < -0.3 is 10.4 Å². The quantitative estimate of drug-likeness (QED) is 0.651. The number of carbonyl (C=O) groups is 3. The first-order valence-electron chi connectivity index (χ1n) is 7.90. The Labute approximate surface area is 157 Å². The lowest BCUT2D eigenvalue weighted by Gasteiger charge is -2.11. The number of nitrogens with one attached hydrogen (secondary N) is 1. The van der Waals surface area contributed by atoms with Gasteiger partial charge in [0.05, 0.1) is 10.9 Å². The molecule has 27 heavy (non-hydrogen) atoms. The molecule has 9 heteroatoms. The lowest BCUT2D eigenvalue weighted by molar-refractivity contribution is -0.116. The molecule has 0 aliphatic rings. The molecule has 0 atom stereocenters. The first-order chi connectivity index (χ1) is 12.8. The molecule has 1 aromatic carbocycles. The molecule has 0 unspecified atom stereocenters. The molecule has 0 aliphatic heterocycles. The minimum atomic E-state index is -1.22. The van der Waals surface area contributed by atoms with E-state index in [1.54, 1.807) is 31.2 Å². The summed E-state index contributed by atoms with van der Waals surface area (Å²) in [7, 11) is 0. The number of amides is 1. The molecule has 3 aromatic rings. The van der Waals surface area contributed by atoms with Crippen molar-refractivity contribution in [1.82, 2.24) is 9.55 Å². The Hall–Kier alpha value is -3.33. The van der Waals surface area contributed by atoms with Crippen LogP contribution in [-0.2, 0) is 11.3 Å². The number of carbonyl (C=O) groups excluding carboxylic acids is 2. The Bertz CT molecular complexity index is 1150. The molecule has 0 saturated heterocycles. The molecule has 2 heterocycles. The fourth-order valence-corrected chi connectivity index (χ4v) is 3.58. The van der Waals surface area contributed by atoms with Crippen LogP contribution in [0.25, 0.3) is 10.2 Å². The average Bonchev–Trinajstić information content (AvgIpc) is 3.03. The Kier molecular flexibility index (Phi) is 4.87. The van der Waals surface area contributed by atoms with Crippen molar-refractivity contribution in [3.05, 3.63) is 57.0 Å². The summed E-state index contributed by atoms with van der Waals surface area (Å²) in [5, 5.41) is 13.2. The molecule has 0 fully saturated rings. The highest BCUT2D eigenvalue weighted by atomic mass is 32.1. The summed E-state index contributed by atoms with van der Waals surface area (Å²) in [6.07, 6.45) is 0. The lowest BCUT2D eigenvalue weighted by Crippen LogP contribution is -2.30. The number of hydrogen-bond donors (Lipinski definition) is 2. The summed E-state index contributed by atoms with van der Waals surface area (Å²) < 4.78 is 1.13. The molecule has 0 bridgehead atoms. The number of aromatic carboxylic acids is 1. The number of carboxylic acids is 1. The van der Waals surface area contributed by atoms with Gasteiger partial charge in [-0.25, -0.2) is 9.78 Å². The Morgan fingerprint density at radius 3 is 2.70 bits per heavy atom. The topological polar surface area (TPSA) is 118 Å². The van der Waals surface area contributed by atoms with Crippen molar-refractivity contribution in [3.63, 3.8) is 0 Å². The largest absolute Gasteiger partial charge is 0.478 e. The maximum Gasteiger partial charge on any atom is 0.337 e. The third-order valence-corrected chi connectivity index (χ3v) is 4.84. The minimum Gasteiger partial charge on any atom is -0.478 e. The monoisotopic (exact) mass is 385 g/mol. The van der Waals surface area contributed by atoms with Gasteiger partial charge in [0.2, 0.25) is 5.91 Å². The number of hydrogen-bond acceptors (Lipinski definition) is 6. The molecule has 8 nitrogen and oxygen atoms in total. The highest BCUT2D eigenvalue weighted by Gasteiger charge is 2.19. The molecule has 0 aliphatic carbocycles. The number of ketones is 1. The highest BCUT2D eigenvalue weighted by Crippen LogP contribution is 2.21. The zero-order chi connectivity index (χ0) is 19.7. The maximum absolute atomic E-state index is 12.7. The van der Waals surface area contributed by atoms with Gasteiger partial charge in [0, 0.05) is 16.6 Å². The zero-order valence-electron chi connectivity index (χ0n) is 14.5. The maximum atomic E-state index is 12.7. The van der Waals surface area contributed by atoms with Crippen LogP contribution in [-0.4, -0.2) is 32.3 Å². The van der Waals surface area contributed by atoms with Gasteiger partial charge in [0.25, 0.3) is 5.56 Å². The van der Waals surface area contributed by atoms with Gasteiger partial charge >= 0.3 is 5.97 Å². The smallest absolute Gasteiger partial charge is 0.337 e. The van der Waals surface area contributed by atoms with Gasteiger partial charge in [0.15, 0.2) is 5.78 Å². The van der Waals surface area contributed by atoms with E-state index >= 15 is 0 Å². The van der Waals surface area contributed by atoms with Crippen molar-refractivity contribution >= 4 is 44.9 Å². The number of anilines is 1. The molecule has 0 spiro atoms. The lowest BCUT2D eigenvalue weighted by atomic mass is 10.1. The molecule has 0 radical (unpaired) electrons. The standard InChI is InChI=1S/C18H15N3O5S/c1-9(22)11-4-3-5-12(6-11)20-14(23)7-21-10(2)19-16-15(17(21)24)13(8-27-16)18(25)26/h3-6,8H,7H2,1-2H3,(H,20,23)(H,25,26). The highest BCUT2D eigenvalue weighted by molar-refractivity contribution is 7.17. The van der Waals surface area contributed by atoms with Gasteiger partial charge in [-0.2, -0.15) is 0 Å². The van der Waals surface area contributed by atoms with Crippen molar-refractivity contribution in [2.24, 2.45) is 0 Å². The molecule has 1 amide bonds. The Balaban J connectivity index is 1.92. The number of benzene rings is 1. The van der Waals surface area contributed by atoms with Crippen LogP contribution in [0.4, 0.5) is 5.69 Å². The normalized spacial score (nSPS) is 10.7. The third kappa shape index (κ3) is 3.63. The van der Waals surface area contributed by atoms with E-state index in [0.717, 1.165) is 15.9 Å². The Morgan fingerprint density at radius 2 is 2.04 bits per heavy atom. The fourth-order valence-electron chi connectivity index (χ4n) is 2.63. The zero-order valence-corrected chi connectivity index (χ0v) is 15.3. The number of fused-ring (bicyclic) bond motifs is 1. The number of carboxylic acid groups (broad SMARTS) is 1. The van der Waals surface area contributed by atoms with E-state index in [1.165, 1.54) is 12.3 Å². The number of aromatic nitrogens is 2. The van der Waals surface area contributed by atoms with E-state index in [2.05, 4.69) is 10.3 Å². The summed E-state index contributed by atoms with van der Waals surface area (Å²) in [5.74, 6) is -1.54. The molecule has 3 rings (SSSR count). The number of nitrogens with zero attached hydrogens (tertiary/aromatic N) is 2.